The monoisotopic (exact) mass is 226 g/mol. The molecule has 1 aromatic carbocycles. The summed E-state index contributed by atoms with van der Waals surface area (Å²) in [5.74, 6) is -1.82. The van der Waals surface area contributed by atoms with Gasteiger partial charge in [-0.15, -0.1) is 0 Å². The van der Waals surface area contributed by atoms with Crippen molar-refractivity contribution in [3.8, 4) is 0 Å². The number of rotatable bonds is 4. The van der Waals surface area contributed by atoms with Gasteiger partial charge >= 0.3 is 0 Å². The Morgan fingerprint density at radius 1 is 1.20 bits per heavy atom. The summed E-state index contributed by atoms with van der Waals surface area (Å²) in [6.07, 6.45) is -0.0863. The number of hydrogen-bond donors (Lipinski definition) is 2. The zero-order chi connectivity index (χ0) is 11.4. The molecule has 5 heteroatoms. The lowest BCUT2D eigenvalue weighted by Gasteiger charge is -2.11. The number of hydrogen-bond acceptors (Lipinski definition) is 2. The van der Waals surface area contributed by atoms with E-state index in [1.165, 1.54) is 0 Å². The topological polar surface area (TPSA) is 86.2 Å². The Morgan fingerprint density at radius 3 is 2.13 bits per heavy atom. The van der Waals surface area contributed by atoms with Crippen molar-refractivity contribution < 1.29 is 9.59 Å². The first-order chi connectivity index (χ1) is 7.00. The van der Waals surface area contributed by atoms with Crippen molar-refractivity contribution in [1.82, 2.24) is 0 Å². The lowest BCUT2D eigenvalue weighted by molar-refractivity contribution is -0.124. The average Bonchev–Trinajstić information content (AvgIpc) is 2.15. The molecule has 1 aromatic rings. The fourth-order valence-corrected chi connectivity index (χ4v) is 1.40. The highest BCUT2D eigenvalue weighted by Crippen LogP contribution is 2.21. The molecule has 0 bridgehead atoms. The van der Waals surface area contributed by atoms with Crippen LogP contribution in [0.4, 0.5) is 0 Å². The van der Waals surface area contributed by atoms with E-state index in [9.17, 15) is 9.59 Å². The first-order valence-corrected chi connectivity index (χ1v) is 4.71. The minimum Gasteiger partial charge on any atom is -0.370 e. The van der Waals surface area contributed by atoms with Crippen molar-refractivity contribution in [2.75, 3.05) is 0 Å². The van der Waals surface area contributed by atoms with Gasteiger partial charge in [0.15, 0.2) is 0 Å². The number of benzene rings is 1. The summed E-state index contributed by atoms with van der Waals surface area (Å²) in [4.78, 5) is 21.8. The van der Waals surface area contributed by atoms with Crippen LogP contribution in [0, 0.1) is 0 Å². The van der Waals surface area contributed by atoms with Gasteiger partial charge in [0.1, 0.15) is 0 Å². The van der Waals surface area contributed by atoms with Crippen molar-refractivity contribution in [1.29, 1.82) is 0 Å². The lowest BCUT2D eigenvalue weighted by Crippen LogP contribution is -2.26. The van der Waals surface area contributed by atoms with E-state index >= 15 is 0 Å². The van der Waals surface area contributed by atoms with Crippen LogP contribution in [0.15, 0.2) is 24.3 Å². The molecule has 0 saturated heterocycles. The molecule has 0 aliphatic rings. The molecular weight excluding hydrogens is 216 g/mol. The molecule has 0 fully saturated rings. The molecule has 0 unspecified atom stereocenters. The maximum atomic E-state index is 11.1. The van der Waals surface area contributed by atoms with Crippen LogP contribution in [0.5, 0.6) is 0 Å². The summed E-state index contributed by atoms with van der Waals surface area (Å²) in [6, 6.07) is 6.57. The van der Waals surface area contributed by atoms with Crippen LogP contribution < -0.4 is 11.5 Å². The Hall–Kier alpha value is -1.55. The van der Waals surface area contributed by atoms with Gasteiger partial charge in [0.05, 0.1) is 5.92 Å². The third-order valence-corrected chi connectivity index (χ3v) is 2.27. The van der Waals surface area contributed by atoms with Gasteiger partial charge in [-0.25, -0.2) is 0 Å². The molecular formula is C10H11ClN2O2. The Morgan fingerprint density at radius 2 is 1.73 bits per heavy atom. The molecule has 1 atom stereocenters. The summed E-state index contributed by atoms with van der Waals surface area (Å²) in [7, 11) is 0. The molecule has 1 rings (SSSR count). The van der Waals surface area contributed by atoms with Crippen LogP contribution in [0.25, 0.3) is 0 Å². The zero-order valence-electron chi connectivity index (χ0n) is 7.94. The van der Waals surface area contributed by atoms with Crippen LogP contribution in [0.2, 0.25) is 5.02 Å². The molecule has 0 spiro atoms. The lowest BCUT2D eigenvalue weighted by atomic mass is 9.95. The van der Waals surface area contributed by atoms with E-state index in [1.54, 1.807) is 24.3 Å². The van der Waals surface area contributed by atoms with Crippen molar-refractivity contribution in [3.05, 3.63) is 34.9 Å². The molecule has 0 aliphatic heterocycles. The molecule has 2 amide bonds. The third kappa shape index (κ3) is 3.25. The number of carbonyl (C=O) groups excluding carboxylic acids is 2. The Balaban J connectivity index is 2.94. The van der Waals surface area contributed by atoms with Gasteiger partial charge in [0.2, 0.25) is 11.8 Å². The Kier molecular flexibility index (Phi) is 3.68. The fourth-order valence-electron chi connectivity index (χ4n) is 1.28. The number of primary amides is 2. The quantitative estimate of drug-likeness (QED) is 0.795. The summed E-state index contributed by atoms with van der Waals surface area (Å²) in [6.45, 7) is 0. The number of halogens is 1. The average molecular weight is 227 g/mol. The van der Waals surface area contributed by atoms with Crippen molar-refractivity contribution in [2.24, 2.45) is 11.5 Å². The van der Waals surface area contributed by atoms with Gasteiger partial charge in [0, 0.05) is 11.4 Å². The Labute approximate surface area is 92.2 Å². The van der Waals surface area contributed by atoms with Gasteiger partial charge < -0.3 is 11.5 Å². The maximum absolute atomic E-state index is 11.1. The summed E-state index contributed by atoms with van der Waals surface area (Å²) >= 11 is 5.69. The minimum atomic E-state index is -0.681. The Bertz CT molecular complexity index is 376. The predicted molar refractivity (Wildman–Crippen MR) is 57.2 cm³/mol. The van der Waals surface area contributed by atoms with E-state index in [-0.39, 0.29) is 6.42 Å². The van der Waals surface area contributed by atoms with Gasteiger partial charge in [-0.05, 0) is 17.7 Å². The second-order valence-corrected chi connectivity index (χ2v) is 3.61. The normalized spacial score (nSPS) is 12.1. The number of carbonyl (C=O) groups is 2. The van der Waals surface area contributed by atoms with Crippen molar-refractivity contribution in [3.63, 3.8) is 0 Å². The SMILES string of the molecule is NC(=O)C[C@@H](C(N)=O)c1ccc(Cl)cc1. The molecule has 0 aromatic heterocycles. The van der Waals surface area contributed by atoms with Crippen LogP contribution in [0.3, 0.4) is 0 Å². The highest BCUT2D eigenvalue weighted by Gasteiger charge is 2.19. The van der Waals surface area contributed by atoms with Crippen LogP contribution in [-0.4, -0.2) is 11.8 Å². The zero-order valence-corrected chi connectivity index (χ0v) is 8.70. The van der Waals surface area contributed by atoms with Gasteiger partial charge in [-0.1, -0.05) is 23.7 Å². The molecule has 0 saturated carbocycles. The first kappa shape index (κ1) is 11.5. The summed E-state index contributed by atoms with van der Waals surface area (Å²) in [5.41, 5.74) is 10.8. The highest BCUT2D eigenvalue weighted by atomic mass is 35.5. The summed E-state index contributed by atoms with van der Waals surface area (Å²) in [5, 5.41) is 0.557. The minimum absolute atomic E-state index is 0.0863. The van der Waals surface area contributed by atoms with Crippen molar-refractivity contribution in [2.45, 2.75) is 12.3 Å². The van der Waals surface area contributed by atoms with Gasteiger partial charge in [-0.2, -0.15) is 0 Å². The molecule has 0 radical (unpaired) electrons. The highest BCUT2D eigenvalue weighted by molar-refractivity contribution is 6.30. The smallest absolute Gasteiger partial charge is 0.225 e. The van der Waals surface area contributed by atoms with Gasteiger partial charge in [-0.3, -0.25) is 9.59 Å². The maximum Gasteiger partial charge on any atom is 0.225 e. The number of nitrogens with two attached hydrogens (primary N) is 2. The molecule has 15 heavy (non-hydrogen) atoms. The molecule has 4 N–H and O–H groups in total. The first-order valence-electron chi connectivity index (χ1n) is 4.34. The predicted octanol–water partition coefficient (Wildman–Crippen LogP) is 0.784. The second kappa shape index (κ2) is 4.79. The molecule has 0 heterocycles. The van der Waals surface area contributed by atoms with E-state index in [0.717, 1.165) is 0 Å². The third-order valence-electron chi connectivity index (χ3n) is 2.02. The largest absolute Gasteiger partial charge is 0.370 e. The van der Waals surface area contributed by atoms with Gasteiger partial charge in [0.25, 0.3) is 0 Å². The molecule has 4 nitrogen and oxygen atoms in total. The fraction of sp³-hybridized carbons (Fsp3) is 0.200. The number of amides is 2. The molecule has 80 valence electrons. The van der Waals surface area contributed by atoms with E-state index in [0.29, 0.717) is 10.6 Å². The van der Waals surface area contributed by atoms with Crippen LogP contribution in [-0.2, 0) is 9.59 Å². The van der Waals surface area contributed by atoms with Crippen molar-refractivity contribution >= 4 is 23.4 Å². The molecule has 0 aliphatic carbocycles. The van der Waals surface area contributed by atoms with E-state index in [1.807, 2.05) is 0 Å². The van der Waals surface area contributed by atoms with Crippen LogP contribution >= 0.6 is 11.6 Å². The second-order valence-electron chi connectivity index (χ2n) is 3.18. The summed E-state index contributed by atoms with van der Waals surface area (Å²) < 4.78 is 0. The van der Waals surface area contributed by atoms with E-state index in [4.69, 9.17) is 23.1 Å². The van der Waals surface area contributed by atoms with E-state index < -0.39 is 17.7 Å². The van der Waals surface area contributed by atoms with E-state index in [2.05, 4.69) is 0 Å². The standard InChI is InChI=1S/C10H11ClN2O2/c11-7-3-1-6(2-4-7)8(10(13)15)5-9(12)14/h1-4,8H,5H2,(H2,12,14)(H2,13,15)/t8-/m1/s1. The van der Waals surface area contributed by atoms with Crippen LogP contribution in [0.1, 0.15) is 17.9 Å².